The van der Waals surface area contributed by atoms with E-state index in [0.717, 1.165) is 38.6 Å². The monoisotopic (exact) mass is 209 g/mol. The summed E-state index contributed by atoms with van der Waals surface area (Å²) in [7, 11) is 0. The minimum absolute atomic E-state index is 0.210. The van der Waals surface area contributed by atoms with Crippen molar-refractivity contribution in [3.63, 3.8) is 0 Å². The first-order chi connectivity index (χ1) is 7.32. The molecular formula is C11H19N3O. The highest BCUT2D eigenvalue weighted by Crippen LogP contribution is 2.40. The molecule has 0 aromatic rings. The summed E-state index contributed by atoms with van der Waals surface area (Å²) in [6.45, 7) is 2.66. The Hall–Kier alpha value is -0.770. The van der Waals surface area contributed by atoms with Crippen LogP contribution in [-0.2, 0) is 4.74 Å². The maximum atomic E-state index is 6.01. The molecule has 3 aliphatic rings. The molecule has 15 heavy (non-hydrogen) atoms. The van der Waals surface area contributed by atoms with Gasteiger partial charge in [-0.15, -0.1) is 0 Å². The Bertz CT molecular complexity index is 278. The number of aliphatic imine (C=N–C) groups is 1. The zero-order chi connectivity index (χ0) is 10.3. The average molecular weight is 209 g/mol. The third kappa shape index (κ3) is 1.51. The fourth-order valence-electron chi connectivity index (χ4n) is 2.92. The molecule has 0 radical (unpaired) electrons. The van der Waals surface area contributed by atoms with Crippen molar-refractivity contribution in [3.05, 3.63) is 0 Å². The van der Waals surface area contributed by atoms with Crippen molar-refractivity contribution >= 4 is 5.96 Å². The van der Waals surface area contributed by atoms with Crippen LogP contribution in [0.4, 0.5) is 0 Å². The van der Waals surface area contributed by atoms with Crippen molar-refractivity contribution in [2.75, 3.05) is 19.8 Å². The van der Waals surface area contributed by atoms with E-state index in [0.29, 0.717) is 6.04 Å². The largest absolute Gasteiger partial charge is 0.381 e. The van der Waals surface area contributed by atoms with E-state index in [1.807, 2.05) is 0 Å². The summed E-state index contributed by atoms with van der Waals surface area (Å²) in [5.41, 5.74) is 6.22. The van der Waals surface area contributed by atoms with Gasteiger partial charge in [0.15, 0.2) is 5.96 Å². The van der Waals surface area contributed by atoms with E-state index >= 15 is 0 Å². The molecule has 84 valence electrons. The van der Waals surface area contributed by atoms with Crippen molar-refractivity contribution in [2.45, 2.75) is 43.7 Å². The minimum atomic E-state index is 0.210. The van der Waals surface area contributed by atoms with E-state index in [-0.39, 0.29) is 5.54 Å². The fourth-order valence-corrected chi connectivity index (χ4v) is 2.92. The quantitative estimate of drug-likeness (QED) is 0.692. The molecule has 2 aliphatic heterocycles. The second-order valence-electron chi connectivity index (χ2n) is 4.97. The van der Waals surface area contributed by atoms with Crippen LogP contribution < -0.4 is 5.73 Å². The molecule has 2 fully saturated rings. The summed E-state index contributed by atoms with van der Waals surface area (Å²) in [6, 6.07) is 0.675. The molecular weight excluding hydrogens is 190 g/mol. The van der Waals surface area contributed by atoms with Crippen molar-refractivity contribution in [1.82, 2.24) is 4.90 Å². The number of nitrogens with zero attached hydrogens (tertiary/aromatic N) is 2. The van der Waals surface area contributed by atoms with Crippen molar-refractivity contribution in [1.29, 1.82) is 0 Å². The number of ether oxygens (including phenoxy) is 1. The summed E-state index contributed by atoms with van der Waals surface area (Å²) >= 11 is 0. The van der Waals surface area contributed by atoms with Gasteiger partial charge in [0.2, 0.25) is 0 Å². The smallest absolute Gasteiger partial charge is 0.192 e. The second-order valence-corrected chi connectivity index (χ2v) is 4.97. The van der Waals surface area contributed by atoms with Crippen LogP contribution >= 0.6 is 0 Å². The van der Waals surface area contributed by atoms with E-state index in [1.54, 1.807) is 0 Å². The van der Waals surface area contributed by atoms with Gasteiger partial charge >= 0.3 is 0 Å². The van der Waals surface area contributed by atoms with Gasteiger partial charge in [-0.05, 0) is 32.1 Å². The van der Waals surface area contributed by atoms with Gasteiger partial charge in [-0.1, -0.05) is 0 Å². The Morgan fingerprint density at radius 3 is 3.00 bits per heavy atom. The molecule has 1 saturated heterocycles. The fraction of sp³-hybridized carbons (Fsp3) is 0.909. The molecule has 2 heterocycles. The van der Waals surface area contributed by atoms with Gasteiger partial charge in [0.1, 0.15) is 0 Å². The lowest BCUT2D eigenvalue weighted by atomic mass is 9.89. The van der Waals surface area contributed by atoms with E-state index in [2.05, 4.69) is 9.89 Å². The lowest BCUT2D eigenvalue weighted by Gasteiger charge is -2.38. The predicted octanol–water partition coefficient (Wildman–Crippen LogP) is 0.718. The van der Waals surface area contributed by atoms with E-state index in [1.165, 1.54) is 19.3 Å². The second kappa shape index (κ2) is 3.37. The molecule has 4 nitrogen and oxygen atoms in total. The Kier molecular flexibility index (Phi) is 2.12. The number of hydrogen-bond acceptors (Lipinski definition) is 4. The van der Waals surface area contributed by atoms with Gasteiger partial charge in [0.25, 0.3) is 0 Å². The predicted molar refractivity (Wildman–Crippen MR) is 58.8 cm³/mol. The highest BCUT2D eigenvalue weighted by molar-refractivity contribution is 5.81. The van der Waals surface area contributed by atoms with Crippen molar-refractivity contribution in [3.8, 4) is 0 Å². The first-order valence-electron chi connectivity index (χ1n) is 5.99. The highest BCUT2D eigenvalue weighted by Gasteiger charge is 2.48. The molecule has 0 amide bonds. The number of guanidine groups is 1. The van der Waals surface area contributed by atoms with Crippen LogP contribution in [0.2, 0.25) is 0 Å². The molecule has 0 aromatic heterocycles. The van der Waals surface area contributed by atoms with Gasteiger partial charge in [-0.3, -0.25) is 4.99 Å². The van der Waals surface area contributed by atoms with Crippen molar-refractivity contribution < 1.29 is 4.74 Å². The normalized spacial score (nSPS) is 36.8. The molecule has 0 bridgehead atoms. The topological polar surface area (TPSA) is 50.9 Å². The summed E-state index contributed by atoms with van der Waals surface area (Å²) in [5, 5.41) is 0. The lowest BCUT2D eigenvalue weighted by molar-refractivity contribution is 0.119. The van der Waals surface area contributed by atoms with Crippen LogP contribution in [-0.4, -0.2) is 42.2 Å². The highest BCUT2D eigenvalue weighted by atomic mass is 16.5. The van der Waals surface area contributed by atoms with E-state index in [4.69, 9.17) is 10.5 Å². The molecule has 3 rings (SSSR count). The summed E-state index contributed by atoms with van der Waals surface area (Å²) in [4.78, 5) is 6.87. The van der Waals surface area contributed by atoms with Gasteiger partial charge in [0, 0.05) is 19.3 Å². The Balaban J connectivity index is 1.83. The number of rotatable bonds is 1. The SMILES string of the molecule is NC1=NCC2(CCCOCC2)N1C1CC1. The van der Waals surface area contributed by atoms with Crippen LogP contribution in [0, 0.1) is 0 Å². The van der Waals surface area contributed by atoms with Gasteiger partial charge in [-0.25, -0.2) is 0 Å². The molecule has 4 heteroatoms. The zero-order valence-electron chi connectivity index (χ0n) is 9.11. The van der Waals surface area contributed by atoms with Gasteiger partial charge in [0.05, 0.1) is 12.1 Å². The minimum Gasteiger partial charge on any atom is -0.381 e. The Morgan fingerprint density at radius 1 is 1.33 bits per heavy atom. The molecule has 1 atom stereocenters. The van der Waals surface area contributed by atoms with Crippen LogP contribution in [0.15, 0.2) is 4.99 Å². The summed E-state index contributed by atoms with van der Waals surface area (Å²) < 4.78 is 5.55. The Morgan fingerprint density at radius 2 is 2.20 bits per heavy atom. The maximum absolute atomic E-state index is 6.01. The third-order valence-electron chi connectivity index (χ3n) is 3.85. The first kappa shape index (κ1) is 9.46. The average Bonchev–Trinajstić information content (AvgIpc) is 3.00. The van der Waals surface area contributed by atoms with Crippen LogP contribution in [0.3, 0.4) is 0 Å². The van der Waals surface area contributed by atoms with Crippen LogP contribution in [0.1, 0.15) is 32.1 Å². The van der Waals surface area contributed by atoms with Gasteiger partial charge < -0.3 is 15.4 Å². The number of nitrogens with two attached hydrogens (primary N) is 1. The molecule has 2 N–H and O–H groups in total. The van der Waals surface area contributed by atoms with Crippen LogP contribution in [0.5, 0.6) is 0 Å². The van der Waals surface area contributed by atoms with Crippen molar-refractivity contribution in [2.24, 2.45) is 10.7 Å². The van der Waals surface area contributed by atoms with Gasteiger partial charge in [-0.2, -0.15) is 0 Å². The van der Waals surface area contributed by atoms with E-state index < -0.39 is 0 Å². The molecule has 1 saturated carbocycles. The van der Waals surface area contributed by atoms with Crippen LogP contribution in [0.25, 0.3) is 0 Å². The lowest BCUT2D eigenvalue weighted by Crippen LogP contribution is -2.52. The standard InChI is InChI=1S/C11H19N3O/c12-10-13-8-11(14(10)9-2-3-9)4-1-6-15-7-5-11/h9H,1-8H2,(H2,12,13). The number of hydrogen-bond donors (Lipinski definition) is 1. The summed E-state index contributed by atoms with van der Waals surface area (Å²) in [5.74, 6) is 0.777. The molecule has 0 aromatic carbocycles. The molecule has 1 aliphatic carbocycles. The third-order valence-corrected chi connectivity index (χ3v) is 3.85. The maximum Gasteiger partial charge on any atom is 0.192 e. The first-order valence-corrected chi connectivity index (χ1v) is 5.99. The summed E-state index contributed by atoms with van der Waals surface area (Å²) in [6.07, 6.45) is 6.01. The Labute approximate surface area is 90.5 Å². The molecule has 1 spiro atoms. The van der Waals surface area contributed by atoms with E-state index in [9.17, 15) is 0 Å². The molecule has 1 unspecified atom stereocenters. The zero-order valence-corrected chi connectivity index (χ0v) is 9.11.